The lowest BCUT2D eigenvalue weighted by molar-refractivity contribution is -0.139. The van der Waals surface area contributed by atoms with Gasteiger partial charge in [-0.05, 0) is 82.3 Å². The van der Waals surface area contributed by atoms with Gasteiger partial charge in [0.1, 0.15) is 0 Å². The molecule has 0 spiro atoms. The molecule has 1 aromatic heterocycles. The maximum absolute atomic E-state index is 13.1. The van der Waals surface area contributed by atoms with Crippen LogP contribution in [0, 0.1) is 11.8 Å². The Hall–Kier alpha value is -1.50. The highest BCUT2D eigenvalue weighted by Crippen LogP contribution is 2.27. The summed E-state index contributed by atoms with van der Waals surface area (Å²) in [4.78, 5) is 24.6. The lowest BCUT2D eigenvalue weighted by Gasteiger charge is -2.43. The second-order valence-corrected chi connectivity index (χ2v) is 9.21. The number of nitrogens with two attached hydrogens (primary N) is 1. The molecule has 0 aliphatic carbocycles. The van der Waals surface area contributed by atoms with Gasteiger partial charge in [0.15, 0.2) is 0 Å². The van der Waals surface area contributed by atoms with Crippen molar-refractivity contribution in [2.24, 2.45) is 17.6 Å². The van der Waals surface area contributed by atoms with Gasteiger partial charge in [-0.2, -0.15) is 0 Å². The van der Waals surface area contributed by atoms with Crippen molar-refractivity contribution in [3.63, 3.8) is 0 Å². The van der Waals surface area contributed by atoms with Gasteiger partial charge in [-0.25, -0.2) is 0 Å². The van der Waals surface area contributed by atoms with Crippen molar-refractivity contribution in [1.82, 2.24) is 19.7 Å². The molecule has 2 N–H and O–H groups in total. The average Bonchev–Trinajstić information content (AvgIpc) is 2.80. The molecule has 29 heavy (non-hydrogen) atoms. The first-order valence-electron chi connectivity index (χ1n) is 11.6. The van der Waals surface area contributed by atoms with E-state index in [0.29, 0.717) is 17.9 Å². The maximum atomic E-state index is 13.1. The summed E-state index contributed by atoms with van der Waals surface area (Å²) in [6.07, 6.45) is 10.6. The second-order valence-electron chi connectivity index (χ2n) is 9.21. The molecule has 1 atom stereocenters. The van der Waals surface area contributed by atoms with Gasteiger partial charge in [0.25, 0.3) is 0 Å². The van der Waals surface area contributed by atoms with E-state index in [4.69, 9.17) is 5.73 Å². The van der Waals surface area contributed by atoms with E-state index in [1.165, 1.54) is 18.4 Å². The number of rotatable bonds is 5. The topological polar surface area (TPSA) is 65.7 Å². The second kappa shape index (κ2) is 10.0. The van der Waals surface area contributed by atoms with Gasteiger partial charge >= 0.3 is 0 Å². The van der Waals surface area contributed by atoms with Crippen molar-refractivity contribution in [1.29, 1.82) is 0 Å². The maximum Gasteiger partial charge on any atom is 0.226 e. The van der Waals surface area contributed by atoms with Crippen molar-refractivity contribution in [2.75, 3.05) is 45.8 Å². The predicted octanol–water partition coefficient (Wildman–Crippen LogP) is 1.96. The highest BCUT2D eigenvalue weighted by atomic mass is 16.2. The molecule has 4 heterocycles. The number of piperidine rings is 3. The molecule has 6 heteroatoms. The molecule has 1 aromatic rings. The largest absolute Gasteiger partial charge is 0.342 e. The van der Waals surface area contributed by atoms with Crippen LogP contribution in [0.2, 0.25) is 0 Å². The van der Waals surface area contributed by atoms with Crippen LogP contribution in [-0.4, -0.2) is 77.4 Å². The van der Waals surface area contributed by atoms with E-state index in [2.05, 4.69) is 25.8 Å². The molecule has 0 unspecified atom stereocenters. The van der Waals surface area contributed by atoms with Gasteiger partial charge < -0.3 is 10.6 Å². The third-order valence-electron chi connectivity index (χ3n) is 7.26. The van der Waals surface area contributed by atoms with Crippen LogP contribution in [0.25, 0.3) is 0 Å². The van der Waals surface area contributed by atoms with Crippen LogP contribution >= 0.6 is 0 Å². The molecule has 0 bridgehead atoms. The third-order valence-corrected chi connectivity index (χ3v) is 7.26. The van der Waals surface area contributed by atoms with E-state index >= 15 is 0 Å². The van der Waals surface area contributed by atoms with Crippen LogP contribution in [0.5, 0.6) is 0 Å². The van der Waals surface area contributed by atoms with Crippen LogP contribution in [0.4, 0.5) is 0 Å². The van der Waals surface area contributed by atoms with Crippen molar-refractivity contribution < 1.29 is 4.79 Å². The quantitative estimate of drug-likeness (QED) is 0.820. The van der Waals surface area contributed by atoms with Crippen LogP contribution < -0.4 is 5.73 Å². The van der Waals surface area contributed by atoms with Crippen LogP contribution in [0.1, 0.15) is 44.1 Å². The number of hydrogen-bond acceptors (Lipinski definition) is 5. The molecule has 3 fully saturated rings. The number of nitrogens with zero attached hydrogens (tertiary/aromatic N) is 4. The van der Waals surface area contributed by atoms with Crippen LogP contribution in [0.15, 0.2) is 24.5 Å². The van der Waals surface area contributed by atoms with E-state index < -0.39 is 0 Å². The van der Waals surface area contributed by atoms with Gasteiger partial charge in [0, 0.05) is 44.6 Å². The van der Waals surface area contributed by atoms with Gasteiger partial charge in [0.2, 0.25) is 5.91 Å². The zero-order chi connectivity index (χ0) is 20.1. The Kier molecular flexibility index (Phi) is 7.16. The Morgan fingerprint density at radius 3 is 2.55 bits per heavy atom. The Labute approximate surface area is 175 Å². The van der Waals surface area contributed by atoms with E-state index in [1.54, 1.807) is 0 Å². The van der Waals surface area contributed by atoms with Gasteiger partial charge in [-0.1, -0.05) is 6.07 Å². The number of amides is 1. The highest BCUT2D eigenvalue weighted by molar-refractivity contribution is 5.79. The molecule has 0 saturated carbocycles. The predicted molar refractivity (Wildman–Crippen MR) is 115 cm³/mol. The van der Waals surface area contributed by atoms with Gasteiger partial charge in [0.05, 0.1) is 5.92 Å². The zero-order valence-corrected chi connectivity index (χ0v) is 17.7. The number of carbonyl (C=O) groups is 1. The number of pyridine rings is 1. The fraction of sp³-hybridized carbons (Fsp3) is 0.739. The Morgan fingerprint density at radius 2 is 1.86 bits per heavy atom. The first-order chi connectivity index (χ1) is 14.2. The van der Waals surface area contributed by atoms with E-state index in [1.807, 2.05) is 18.5 Å². The molecular formula is C23H37N5O. The summed E-state index contributed by atoms with van der Waals surface area (Å²) >= 11 is 0. The molecule has 3 aliphatic heterocycles. The average molecular weight is 400 g/mol. The first kappa shape index (κ1) is 20.8. The number of aromatic nitrogens is 1. The van der Waals surface area contributed by atoms with Gasteiger partial charge in [-0.3, -0.25) is 19.6 Å². The molecule has 6 nitrogen and oxygen atoms in total. The summed E-state index contributed by atoms with van der Waals surface area (Å²) in [6.45, 7) is 7.98. The molecule has 3 saturated heterocycles. The lowest BCUT2D eigenvalue weighted by Crippen LogP contribution is -2.52. The Bertz CT molecular complexity index is 638. The van der Waals surface area contributed by atoms with E-state index in [0.717, 1.165) is 78.0 Å². The van der Waals surface area contributed by atoms with Crippen molar-refractivity contribution in [2.45, 2.75) is 51.1 Å². The van der Waals surface area contributed by atoms with Crippen molar-refractivity contribution in [3.8, 4) is 0 Å². The van der Waals surface area contributed by atoms with Crippen LogP contribution in [-0.2, 0) is 11.3 Å². The van der Waals surface area contributed by atoms with Crippen molar-refractivity contribution in [3.05, 3.63) is 30.1 Å². The molecule has 0 radical (unpaired) electrons. The summed E-state index contributed by atoms with van der Waals surface area (Å²) in [7, 11) is 0. The zero-order valence-electron chi connectivity index (χ0n) is 17.7. The SMILES string of the molecule is NCC1CCN(C(=O)[C@@H]2CCCN(C3CCN(Cc4cccnc4)CC3)C2)CC1. The Balaban J connectivity index is 1.24. The smallest absolute Gasteiger partial charge is 0.226 e. The third kappa shape index (κ3) is 5.36. The normalized spacial score (nSPS) is 26.0. The molecule has 1 amide bonds. The fourth-order valence-corrected chi connectivity index (χ4v) is 5.38. The summed E-state index contributed by atoms with van der Waals surface area (Å²) in [5.41, 5.74) is 7.10. The van der Waals surface area contributed by atoms with E-state index in [9.17, 15) is 4.79 Å². The summed E-state index contributed by atoms with van der Waals surface area (Å²) < 4.78 is 0. The summed E-state index contributed by atoms with van der Waals surface area (Å²) in [5, 5.41) is 0. The molecule has 4 rings (SSSR count). The monoisotopic (exact) mass is 399 g/mol. The minimum absolute atomic E-state index is 0.201. The standard InChI is InChI=1S/C23H37N5O/c24-15-19-5-13-27(14-6-19)23(29)21-4-2-10-28(18-21)22-7-11-26(12-8-22)17-20-3-1-9-25-16-20/h1,3,9,16,19,21-22H,2,4-8,10-15,17-18,24H2/t21-/m1/s1. The Morgan fingerprint density at radius 1 is 1.07 bits per heavy atom. The minimum Gasteiger partial charge on any atom is -0.342 e. The molecule has 160 valence electrons. The molecular weight excluding hydrogens is 362 g/mol. The highest BCUT2D eigenvalue weighted by Gasteiger charge is 2.34. The van der Waals surface area contributed by atoms with Crippen molar-refractivity contribution >= 4 is 5.91 Å². The van der Waals surface area contributed by atoms with E-state index in [-0.39, 0.29) is 5.92 Å². The minimum atomic E-state index is 0.201. The number of hydrogen-bond donors (Lipinski definition) is 1. The lowest BCUT2D eigenvalue weighted by atomic mass is 9.91. The molecule has 3 aliphatic rings. The summed E-state index contributed by atoms with van der Waals surface area (Å²) in [5.74, 6) is 1.21. The first-order valence-corrected chi connectivity index (χ1v) is 11.6. The number of carbonyl (C=O) groups excluding carboxylic acids is 1. The van der Waals surface area contributed by atoms with Crippen LogP contribution in [0.3, 0.4) is 0 Å². The number of likely N-dealkylation sites (tertiary alicyclic amines) is 3. The summed E-state index contributed by atoms with van der Waals surface area (Å²) in [6, 6.07) is 4.82. The molecule has 0 aromatic carbocycles. The fourth-order valence-electron chi connectivity index (χ4n) is 5.38. The van der Waals surface area contributed by atoms with Gasteiger partial charge in [-0.15, -0.1) is 0 Å².